The Balaban J connectivity index is 2.26. The maximum atomic E-state index is 11.8. The highest BCUT2D eigenvalue weighted by molar-refractivity contribution is 7.99. The molecular weight excluding hydrogens is 300 g/mol. The number of thioether (sulfide) groups is 1. The van der Waals surface area contributed by atoms with Gasteiger partial charge in [-0.3, -0.25) is 9.59 Å². The molecule has 1 amide bonds. The zero-order valence-corrected chi connectivity index (χ0v) is 13.8. The van der Waals surface area contributed by atoms with Crippen LogP contribution in [0.15, 0.2) is 24.3 Å². The van der Waals surface area contributed by atoms with Crippen molar-refractivity contribution in [2.45, 2.75) is 32.8 Å². The summed E-state index contributed by atoms with van der Waals surface area (Å²) in [7, 11) is 0. The Kier molecular flexibility index (Phi) is 6.93. The number of ether oxygens (including phenoxy) is 1. The standard InChI is InChI=1S/C16H20N2O3S/c1-16(2,3)21-15(20)7-8-22-11-14(19)18-13-6-4-5-12(9-13)10-17/h4-6,9H,7-8,11H2,1-3H3,(H,18,19). The van der Waals surface area contributed by atoms with Gasteiger partial charge in [0.25, 0.3) is 0 Å². The molecule has 0 fully saturated rings. The number of carbonyl (C=O) groups is 2. The van der Waals surface area contributed by atoms with Crippen molar-refractivity contribution in [1.82, 2.24) is 0 Å². The zero-order valence-electron chi connectivity index (χ0n) is 13.0. The lowest BCUT2D eigenvalue weighted by molar-refractivity contribution is -0.154. The van der Waals surface area contributed by atoms with Crippen molar-refractivity contribution in [1.29, 1.82) is 5.26 Å². The number of nitrogens with one attached hydrogen (secondary N) is 1. The number of nitriles is 1. The van der Waals surface area contributed by atoms with Gasteiger partial charge in [0.15, 0.2) is 0 Å². The number of hydrogen-bond acceptors (Lipinski definition) is 5. The van der Waals surface area contributed by atoms with E-state index in [-0.39, 0.29) is 24.1 Å². The SMILES string of the molecule is CC(C)(C)OC(=O)CCSCC(=O)Nc1cccc(C#N)c1. The Hall–Kier alpha value is -2.00. The van der Waals surface area contributed by atoms with Crippen LogP contribution in [0, 0.1) is 11.3 Å². The Morgan fingerprint density at radius 2 is 2.09 bits per heavy atom. The summed E-state index contributed by atoms with van der Waals surface area (Å²) >= 11 is 1.37. The second-order valence-electron chi connectivity index (χ2n) is 5.63. The van der Waals surface area contributed by atoms with Gasteiger partial charge in [-0.05, 0) is 39.0 Å². The number of amides is 1. The third kappa shape index (κ3) is 7.70. The summed E-state index contributed by atoms with van der Waals surface area (Å²) in [6.07, 6.45) is 0.277. The zero-order chi connectivity index (χ0) is 16.6. The molecular formula is C16H20N2O3S. The molecule has 0 aliphatic heterocycles. The lowest BCUT2D eigenvalue weighted by Crippen LogP contribution is -2.24. The third-order valence-electron chi connectivity index (χ3n) is 2.38. The molecule has 0 saturated carbocycles. The topological polar surface area (TPSA) is 79.2 Å². The van der Waals surface area contributed by atoms with Crippen molar-refractivity contribution in [3.05, 3.63) is 29.8 Å². The Labute approximate surface area is 135 Å². The number of esters is 1. The fourth-order valence-corrected chi connectivity index (χ4v) is 2.29. The molecule has 1 N–H and O–H groups in total. The van der Waals surface area contributed by atoms with E-state index in [0.717, 1.165) is 0 Å². The van der Waals surface area contributed by atoms with Crippen LogP contribution < -0.4 is 5.32 Å². The molecule has 1 aromatic rings. The molecule has 0 aliphatic carbocycles. The van der Waals surface area contributed by atoms with Crippen LogP contribution >= 0.6 is 11.8 Å². The third-order valence-corrected chi connectivity index (χ3v) is 3.34. The predicted molar refractivity (Wildman–Crippen MR) is 87.6 cm³/mol. The van der Waals surface area contributed by atoms with Gasteiger partial charge in [-0.2, -0.15) is 17.0 Å². The molecule has 22 heavy (non-hydrogen) atoms. The monoisotopic (exact) mass is 320 g/mol. The lowest BCUT2D eigenvalue weighted by Gasteiger charge is -2.19. The van der Waals surface area contributed by atoms with E-state index in [0.29, 0.717) is 17.0 Å². The fraction of sp³-hybridized carbons (Fsp3) is 0.438. The van der Waals surface area contributed by atoms with Gasteiger partial charge in [0.05, 0.1) is 23.8 Å². The average molecular weight is 320 g/mol. The molecule has 1 rings (SSSR count). The molecule has 0 aromatic heterocycles. The second-order valence-corrected chi connectivity index (χ2v) is 6.73. The minimum Gasteiger partial charge on any atom is -0.460 e. The van der Waals surface area contributed by atoms with Crippen molar-refractivity contribution >= 4 is 29.3 Å². The van der Waals surface area contributed by atoms with Crippen LogP contribution in [0.4, 0.5) is 5.69 Å². The first kappa shape index (κ1) is 18.1. The van der Waals surface area contributed by atoms with Crippen LogP contribution in [0.2, 0.25) is 0 Å². The first-order valence-electron chi connectivity index (χ1n) is 6.90. The van der Waals surface area contributed by atoms with E-state index in [2.05, 4.69) is 5.32 Å². The molecule has 0 radical (unpaired) electrons. The summed E-state index contributed by atoms with van der Waals surface area (Å²) in [4.78, 5) is 23.3. The molecule has 0 unspecified atom stereocenters. The number of rotatable bonds is 6. The molecule has 0 atom stereocenters. The number of carbonyl (C=O) groups excluding carboxylic acids is 2. The van der Waals surface area contributed by atoms with Gasteiger partial charge in [0, 0.05) is 11.4 Å². The van der Waals surface area contributed by atoms with Gasteiger partial charge in [-0.1, -0.05) is 6.07 Å². The maximum Gasteiger partial charge on any atom is 0.307 e. The minimum absolute atomic E-state index is 0.163. The smallest absolute Gasteiger partial charge is 0.307 e. The van der Waals surface area contributed by atoms with E-state index in [1.165, 1.54) is 11.8 Å². The van der Waals surface area contributed by atoms with E-state index in [1.807, 2.05) is 26.8 Å². The van der Waals surface area contributed by atoms with Gasteiger partial charge >= 0.3 is 5.97 Å². The van der Waals surface area contributed by atoms with E-state index in [4.69, 9.17) is 10.00 Å². The Morgan fingerprint density at radius 1 is 1.36 bits per heavy atom. The summed E-state index contributed by atoms with van der Waals surface area (Å²) < 4.78 is 5.18. The summed E-state index contributed by atoms with van der Waals surface area (Å²) in [6.45, 7) is 5.46. The normalized spacial score (nSPS) is 10.6. The summed E-state index contributed by atoms with van der Waals surface area (Å²) in [5, 5.41) is 11.5. The highest BCUT2D eigenvalue weighted by Crippen LogP contribution is 2.12. The summed E-state index contributed by atoms with van der Waals surface area (Å²) in [6, 6.07) is 8.74. The average Bonchev–Trinajstić information content (AvgIpc) is 2.42. The Morgan fingerprint density at radius 3 is 2.73 bits per heavy atom. The van der Waals surface area contributed by atoms with Crippen LogP contribution in [0.3, 0.4) is 0 Å². The van der Waals surface area contributed by atoms with E-state index in [9.17, 15) is 9.59 Å². The van der Waals surface area contributed by atoms with Crippen molar-refractivity contribution in [2.24, 2.45) is 0 Å². The number of nitrogens with zero attached hydrogens (tertiary/aromatic N) is 1. The van der Waals surface area contributed by atoms with Crippen LogP contribution in [0.1, 0.15) is 32.8 Å². The molecule has 0 spiro atoms. The molecule has 6 heteroatoms. The highest BCUT2D eigenvalue weighted by Gasteiger charge is 2.15. The van der Waals surface area contributed by atoms with Crippen LogP contribution in [0.25, 0.3) is 0 Å². The molecule has 5 nitrogen and oxygen atoms in total. The first-order valence-corrected chi connectivity index (χ1v) is 8.05. The second kappa shape index (κ2) is 8.44. The van der Waals surface area contributed by atoms with Gasteiger partial charge in [-0.15, -0.1) is 0 Å². The largest absolute Gasteiger partial charge is 0.460 e. The van der Waals surface area contributed by atoms with Crippen molar-refractivity contribution in [3.63, 3.8) is 0 Å². The van der Waals surface area contributed by atoms with Gasteiger partial charge in [0.2, 0.25) is 5.91 Å². The van der Waals surface area contributed by atoms with Crippen molar-refractivity contribution in [3.8, 4) is 6.07 Å². The summed E-state index contributed by atoms with van der Waals surface area (Å²) in [5.41, 5.74) is 0.609. The van der Waals surface area contributed by atoms with Crippen LogP contribution in [0.5, 0.6) is 0 Å². The van der Waals surface area contributed by atoms with Crippen LogP contribution in [-0.2, 0) is 14.3 Å². The van der Waals surface area contributed by atoms with E-state index >= 15 is 0 Å². The summed E-state index contributed by atoms with van der Waals surface area (Å²) in [5.74, 6) is 0.353. The van der Waals surface area contributed by atoms with Gasteiger partial charge in [-0.25, -0.2) is 0 Å². The van der Waals surface area contributed by atoms with E-state index in [1.54, 1.807) is 24.3 Å². The number of hydrogen-bond donors (Lipinski definition) is 1. The predicted octanol–water partition coefficient (Wildman–Crippen LogP) is 2.96. The molecule has 0 bridgehead atoms. The number of anilines is 1. The Bertz CT molecular complexity index is 573. The first-order chi connectivity index (χ1) is 10.3. The minimum atomic E-state index is -0.481. The van der Waals surface area contributed by atoms with Gasteiger partial charge < -0.3 is 10.1 Å². The lowest BCUT2D eigenvalue weighted by atomic mass is 10.2. The van der Waals surface area contributed by atoms with Crippen molar-refractivity contribution < 1.29 is 14.3 Å². The van der Waals surface area contributed by atoms with Crippen LogP contribution in [-0.4, -0.2) is 29.0 Å². The maximum absolute atomic E-state index is 11.8. The van der Waals surface area contributed by atoms with Gasteiger partial charge in [0.1, 0.15) is 5.60 Å². The molecule has 0 saturated heterocycles. The number of benzene rings is 1. The highest BCUT2D eigenvalue weighted by atomic mass is 32.2. The molecule has 1 aromatic carbocycles. The quantitative estimate of drug-likeness (QED) is 0.644. The molecule has 118 valence electrons. The molecule has 0 heterocycles. The van der Waals surface area contributed by atoms with E-state index < -0.39 is 5.60 Å². The van der Waals surface area contributed by atoms with Crippen molar-refractivity contribution in [2.75, 3.05) is 16.8 Å². The molecule has 0 aliphatic rings. The fourth-order valence-electron chi connectivity index (χ4n) is 1.58.